The number of hydrogen-bond donors (Lipinski definition) is 0. The monoisotopic (exact) mass is 386 g/mol. The lowest BCUT2D eigenvalue weighted by Crippen LogP contribution is -2.15. The van der Waals surface area contributed by atoms with E-state index in [2.05, 4.69) is 15.0 Å². The van der Waals surface area contributed by atoms with Crippen LogP contribution in [0.5, 0.6) is 0 Å². The van der Waals surface area contributed by atoms with Crippen molar-refractivity contribution in [1.82, 2.24) is 19.5 Å². The number of thioether (sulfide) groups is 1. The van der Waals surface area contributed by atoms with E-state index in [9.17, 15) is 13.2 Å². The van der Waals surface area contributed by atoms with E-state index in [0.717, 1.165) is 11.8 Å². The topological polar surface area (TPSA) is 43.6 Å². The third kappa shape index (κ3) is 2.60. The molecule has 0 aromatic carbocycles. The Morgan fingerprint density at radius 1 is 1.33 bits per heavy atom. The summed E-state index contributed by atoms with van der Waals surface area (Å²) in [4.78, 5) is 11.4. The molecule has 0 aliphatic rings. The number of nitrogens with zero attached hydrogens (tertiary/aromatic N) is 4. The van der Waals surface area contributed by atoms with Crippen LogP contribution in [0.15, 0.2) is 23.9 Å². The van der Waals surface area contributed by atoms with Crippen LogP contribution in [0.25, 0.3) is 5.82 Å². The van der Waals surface area contributed by atoms with Crippen LogP contribution in [0.3, 0.4) is 0 Å². The fourth-order valence-corrected chi connectivity index (χ4v) is 2.44. The van der Waals surface area contributed by atoms with Crippen LogP contribution in [-0.4, -0.2) is 25.8 Å². The van der Waals surface area contributed by atoms with E-state index in [0.29, 0.717) is 0 Å². The molecule has 0 bridgehead atoms. The standard InChI is InChI=1S/C9H6F3IN4S/c1-18-8-15-6(9(10,11)12)5(13)7(16-8)17-3-2-14-4-17/h2-4H,1H3. The van der Waals surface area contributed by atoms with Gasteiger partial charge in [0.25, 0.3) is 0 Å². The predicted octanol–water partition coefficient (Wildman–Crippen LogP) is 3.01. The molecule has 4 nitrogen and oxygen atoms in total. The van der Waals surface area contributed by atoms with Crippen molar-refractivity contribution in [2.75, 3.05) is 6.26 Å². The molecule has 0 radical (unpaired) electrons. The fourth-order valence-electron chi connectivity index (χ4n) is 1.25. The third-order valence-electron chi connectivity index (χ3n) is 2.01. The van der Waals surface area contributed by atoms with Crippen molar-refractivity contribution in [3.8, 4) is 5.82 Å². The van der Waals surface area contributed by atoms with E-state index in [4.69, 9.17) is 0 Å². The summed E-state index contributed by atoms with van der Waals surface area (Å²) >= 11 is 2.66. The molecule has 0 aliphatic heterocycles. The second-order valence-electron chi connectivity index (χ2n) is 3.16. The first kappa shape index (κ1) is 13.6. The Bertz CT molecular complexity index is 556. The van der Waals surface area contributed by atoms with Crippen LogP contribution < -0.4 is 0 Å². The van der Waals surface area contributed by atoms with Crippen LogP contribution >= 0.6 is 34.4 Å². The van der Waals surface area contributed by atoms with Gasteiger partial charge in [0.1, 0.15) is 6.33 Å². The highest BCUT2D eigenvalue weighted by Crippen LogP contribution is 2.34. The minimum atomic E-state index is -4.50. The van der Waals surface area contributed by atoms with Gasteiger partial charge < -0.3 is 0 Å². The predicted molar refractivity (Wildman–Crippen MR) is 68.7 cm³/mol. The average molecular weight is 386 g/mol. The second kappa shape index (κ2) is 5.03. The molecule has 0 amide bonds. The molecule has 0 unspecified atom stereocenters. The first-order chi connectivity index (χ1) is 8.43. The van der Waals surface area contributed by atoms with Gasteiger partial charge in [0, 0.05) is 12.4 Å². The van der Waals surface area contributed by atoms with E-state index >= 15 is 0 Å². The van der Waals surface area contributed by atoms with Gasteiger partial charge in [0.15, 0.2) is 16.7 Å². The minimum Gasteiger partial charge on any atom is -0.289 e. The fraction of sp³-hybridized carbons (Fsp3) is 0.222. The molecule has 2 aromatic rings. The van der Waals surface area contributed by atoms with E-state index in [1.807, 2.05) is 0 Å². The molecule has 2 rings (SSSR count). The Labute approximate surface area is 118 Å². The van der Waals surface area contributed by atoms with Crippen LogP contribution in [-0.2, 0) is 6.18 Å². The van der Waals surface area contributed by atoms with Gasteiger partial charge in [-0.05, 0) is 28.8 Å². The summed E-state index contributed by atoms with van der Waals surface area (Å²) in [5.74, 6) is 0.180. The van der Waals surface area contributed by atoms with Gasteiger partial charge in [-0.25, -0.2) is 15.0 Å². The Kier molecular flexibility index (Phi) is 3.80. The zero-order valence-corrected chi connectivity index (χ0v) is 11.9. The van der Waals surface area contributed by atoms with E-state index < -0.39 is 11.9 Å². The largest absolute Gasteiger partial charge is 0.434 e. The van der Waals surface area contributed by atoms with Gasteiger partial charge in [0.05, 0.1) is 3.57 Å². The zero-order chi connectivity index (χ0) is 13.3. The van der Waals surface area contributed by atoms with Gasteiger partial charge >= 0.3 is 6.18 Å². The second-order valence-corrected chi connectivity index (χ2v) is 5.02. The minimum absolute atomic E-state index is 0.0455. The van der Waals surface area contributed by atoms with Gasteiger partial charge in [-0.15, -0.1) is 0 Å². The molecule has 0 spiro atoms. The zero-order valence-electron chi connectivity index (χ0n) is 8.94. The summed E-state index contributed by atoms with van der Waals surface area (Å²) in [5, 5.41) is 0.0754. The molecular formula is C9H6F3IN4S. The van der Waals surface area contributed by atoms with Crippen molar-refractivity contribution >= 4 is 34.4 Å². The molecule has 2 heterocycles. The number of halogens is 4. The van der Waals surface area contributed by atoms with Gasteiger partial charge in [-0.1, -0.05) is 11.8 Å². The van der Waals surface area contributed by atoms with Gasteiger partial charge in [-0.2, -0.15) is 13.2 Å². The number of alkyl halides is 3. The summed E-state index contributed by atoms with van der Waals surface area (Å²) < 4.78 is 40.0. The number of aromatic nitrogens is 4. The highest BCUT2D eigenvalue weighted by atomic mass is 127. The maximum atomic E-state index is 12.9. The molecule has 0 atom stereocenters. The maximum Gasteiger partial charge on any atom is 0.434 e. The number of rotatable bonds is 2. The Morgan fingerprint density at radius 3 is 2.56 bits per heavy atom. The van der Waals surface area contributed by atoms with Crippen molar-refractivity contribution in [1.29, 1.82) is 0 Å². The summed E-state index contributed by atoms with van der Waals surface area (Å²) in [5.41, 5.74) is -0.925. The lowest BCUT2D eigenvalue weighted by molar-refractivity contribution is -0.142. The summed E-state index contributed by atoms with van der Waals surface area (Å²) in [7, 11) is 0. The quantitative estimate of drug-likeness (QED) is 0.452. The van der Waals surface area contributed by atoms with E-state index in [1.54, 1.807) is 28.8 Å². The third-order valence-corrected chi connectivity index (χ3v) is 3.55. The molecule has 0 saturated heterocycles. The van der Waals surface area contributed by atoms with Crippen LogP contribution in [0.4, 0.5) is 13.2 Å². The summed E-state index contributed by atoms with van der Waals surface area (Å²) in [6.45, 7) is 0. The molecule has 9 heteroatoms. The molecule has 96 valence electrons. The van der Waals surface area contributed by atoms with Crippen LogP contribution in [0.1, 0.15) is 5.69 Å². The molecule has 0 fully saturated rings. The first-order valence-electron chi connectivity index (χ1n) is 4.60. The van der Waals surface area contributed by atoms with Gasteiger partial charge in [0.2, 0.25) is 0 Å². The Balaban J connectivity index is 2.67. The van der Waals surface area contributed by atoms with Crippen molar-refractivity contribution in [2.45, 2.75) is 11.3 Å². The molecule has 0 N–H and O–H groups in total. The lowest BCUT2D eigenvalue weighted by Gasteiger charge is -2.12. The van der Waals surface area contributed by atoms with Crippen LogP contribution in [0.2, 0.25) is 0 Å². The number of imidazole rings is 1. The highest BCUT2D eigenvalue weighted by Gasteiger charge is 2.37. The molecule has 2 aromatic heterocycles. The smallest absolute Gasteiger partial charge is 0.289 e. The van der Waals surface area contributed by atoms with Crippen molar-refractivity contribution in [3.63, 3.8) is 0 Å². The normalized spacial score (nSPS) is 11.8. The molecule has 0 saturated carbocycles. The highest BCUT2D eigenvalue weighted by molar-refractivity contribution is 14.1. The van der Waals surface area contributed by atoms with Crippen molar-refractivity contribution in [2.24, 2.45) is 0 Å². The molecule has 0 aliphatic carbocycles. The molecular weight excluding hydrogens is 380 g/mol. The molecule has 18 heavy (non-hydrogen) atoms. The van der Waals surface area contributed by atoms with Gasteiger partial charge in [-0.3, -0.25) is 4.57 Å². The average Bonchev–Trinajstić information content (AvgIpc) is 2.81. The van der Waals surface area contributed by atoms with Crippen molar-refractivity contribution in [3.05, 3.63) is 28.0 Å². The maximum absolute atomic E-state index is 12.9. The summed E-state index contributed by atoms with van der Waals surface area (Å²) in [6.07, 6.45) is 1.53. The Hall–Kier alpha value is -0.840. The SMILES string of the molecule is CSc1nc(-n2ccnc2)c(I)c(C(F)(F)F)n1. The van der Waals surface area contributed by atoms with E-state index in [1.165, 1.54) is 23.3 Å². The van der Waals surface area contributed by atoms with E-state index in [-0.39, 0.29) is 14.5 Å². The number of hydrogen-bond acceptors (Lipinski definition) is 4. The lowest BCUT2D eigenvalue weighted by atomic mass is 10.4. The first-order valence-corrected chi connectivity index (χ1v) is 6.91. The summed E-state index contributed by atoms with van der Waals surface area (Å²) in [6, 6.07) is 0. The van der Waals surface area contributed by atoms with Crippen LogP contribution in [0, 0.1) is 3.57 Å². The van der Waals surface area contributed by atoms with Crippen molar-refractivity contribution < 1.29 is 13.2 Å². The Morgan fingerprint density at radius 2 is 2.06 bits per heavy atom.